The van der Waals surface area contributed by atoms with Crippen molar-refractivity contribution in [2.45, 2.75) is 19.1 Å². The van der Waals surface area contributed by atoms with Gasteiger partial charge >= 0.3 is 12.1 Å². The van der Waals surface area contributed by atoms with Gasteiger partial charge in [0.15, 0.2) is 6.61 Å². The molecule has 6 nitrogen and oxygen atoms in total. The number of aryl methyl sites for hydroxylation is 1. The number of aliphatic imine (C=N–C) groups is 1. The predicted molar refractivity (Wildman–Crippen MR) is 141 cm³/mol. The summed E-state index contributed by atoms with van der Waals surface area (Å²) in [6.45, 7) is 1.42. The fraction of sp³-hybridized carbons (Fsp3) is 0.259. The van der Waals surface area contributed by atoms with Crippen LogP contribution in [0.25, 0.3) is 11.1 Å². The van der Waals surface area contributed by atoms with Crippen molar-refractivity contribution in [1.82, 2.24) is 0 Å². The number of halogens is 4. The number of methoxy groups -OCH3 is 1. The van der Waals surface area contributed by atoms with Crippen molar-refractivity contribution in [1.29, 1.82) is 0 Å². The topological polar surface area (TPSA) is 77.4 Å². The van der Waals surface area contributed by atoms with E-state index in [0.29, 0.717) is 55.3 Å². The van der Waals surface area contributed by atoms with E-state index in [4.69, 9.17) is 30.9 Å². The molecule has 1 atom stereocenters. The van der Waals surface area contributed by atoms with E-state index in [1.807, 2.05) is 0 Å². The zero-order chi connectivity index (χ0) is 27.4. The zero-order valence-electron chi connectivity index (χ0n) is 20.3. The molecule has 0 amide bonds. The number of hydrogen-bond acceptors (Lipinski definition) is 6. The van der Waals surface area contributed by atoms with Crippen molar-refractivity contribution in [2.24, 2.45) is 4.99 Å². The molecule has 0 saturated heterocycles. The van der Waals surface area contributed by atoms with Crippen LogP contribution in [0.1, 0.15) is 22.7 Å². The number of rotatable bonds is 9. The van der Waals surface area contributed by atoms with Crippen LogP contribution in [0, 0.1) is 6.92 Å². The van der Waals surface area contributed by atoms with Gasteiger partial charge < -0.3 is 19.3 Å². The average molecular weight is 566 g/mol. The van der Waals surface area contributed by atoms with Gasteiger partial charge in [-0.2, -0.15) is 13.2 Å². The number of ether oxygens (including phenoxy) is 3. The number of hydrogen-bond donors (Lipinski definition) is 1. The van der Waals surface area contributed by atoms with E-state index in [0.717, 1.165) is 12.1 Å². The Kier molecular flexibility index (Phi) is 8.42. The van der Waals surface area contributed by atoms with Crippen LogP contribution < -0.4 is 14.2 Å². The molecule has 1 unspecified atom stereocenters. The second-order valence-electron chi connectivity index (χ2n) is 8.40. The third kappa shape index (κ3) is 6.54. The first-order valence-corrected chi connectivity index (χ1v) is 12.7. The van der Waals surface area contributed by atoms with E-state index in [9.17, 15) is 18.0 Å². The standard InChI is InChI=1S/C27H23ClF3NO5S/c1-15-9-24(19(11-23(15)37-13-26(33)34)17-5-8-22(35-2)20(28)10-17)36-12-25-32-21(14-38-25)16-3-6-18(7-4-16)27(29,30)31/h3-11,21H,12-14H2,1-2H3,(H,33,34). The third-order valence-electron chi connectivity index (χ3n) is 5.77. The Morgan fingerprint density at radius 1 is 1.08 bits per heavy atom. The molecule has 1 N–H and O–H groups in total. The lowest BCUT2D eigenvalue weighted by molar-refractivity contribution is -0.139. The van der Waals surface area contributed by atoms with Gasteiger partial charge in [0.1, 0.15) is 28.9 Å². The Morgan fingerprint density at radius 3 is 2.45 bits per heavy atom. The van der Waals surface area contributed by atoms with Gasteiger partial charge in [-0.05, 0) is 60.0 Å². The molecule has 200 valence electrons. The van der Waals surface area contributed by atoms with Crippen molar-refractivity contribution < 1.29 is 37.3 Å². The highest BCUT2D eigenvalue weighted by atomic mass is 35.5. The average Bonchev–Trinajstić information content (AvgIpc) is 3.35. The van der Waals surface area contributed by atoms with Crippen LogP contribution in [0.4, 0.5) is 13.2 Å². The highest BCUT2D eigenvalue weighted by Gasteiger charge is 2.30. The van der Waals surface area contributed by atoms with Crippen LogP contribution in [-0.4, -0.2) is 42.2 Å². The van der Waals surface area contributed by atoms with Crippen molar-refractivity contribution in [3.8, 4) is 28.4 Å². The smallest absolute Gasteiger partial charge is 0.416 e. The van der Waals surface area contributed by atoms with E-state index in [1.165, 1.54) is 31.0 Å². The quantitative estimate of drug-likeness (QED) is 0.299. The van der Waals surface area contributed by atoms with Gasteiger partial charge in [0.25, 0.3) is 0 Å². The SMILES string of the molecule is COc1ccc(-c2cc(OCC(=O)O)c(C)cc2OCC2=NC(c3ccc(C(F)(F)F)cc3)CS2)cc1Cl. The molecule has 0 fully saturated rings. The minimum Gasteiger partial charge on any atom is -0.495 e. The molecule has 1 aliphatic rings. The molecule has 3 aromatic carbocycles. The van der Waals surface area contributed by atoms with Gasteiger partial charge in [0, 0.05) is 11.3 Å². The molecule has 0 spiro atoms. The van der Waals surface area contributed by atoms with Crippen LogP contribution in [-0.2, 0) is 11.0 Å². The number of carboxylic acid groups (broad SMARTS) is 1. The highest BCUT2D eigenvalue weighted by Crippen LogP contribution is 2.40. The number of nitrogens with zero attached hydrogens (tertiary/aromatic N) is 1. The maximum Gasteiger partial charge on any atom is 0.416 e. The van der Waals surface area contributed by atoms with Crippen LogP contribution in [0.3, 0.4) is 0 Å². The number of carboxylic acids is 1. The number of benzene rings is 3. The Hall–Kier alpha value is -3.37. The van der Waals surface area contributed by atoms with Crippen molar-refractivity contribution in [3.63, 3.8) is 0 Å². The predicted octanol–water partition coefficient (Wildman–Crippen LogP) is 7.07. The maximum atomic E-state index is 12.9. The minimum atomic E-state index is -4.39. The Labute approximate surface area is 226 Å². The summed E-state index contributed by atoms with van der Waals surface area (Å²) in [5, 5.41) is 10.1. The normalized spacial score (nSPS) is 15.2. The Morgan fingerprint density at radius 2 is 1.82 bits per heavy atom. The van der Waals surface area contributed by atoms with Crippen LogP contribution in [0.5, 0.6) is 17.2 Å². The van der Waals surface area contributed by atoms with E-state index in [-0.39, 0.29) is 12.6 Å². The van der Waals surface area contributed by atoms with Crippen molar-refractivity contribution in [3.05, 3.63) is 76.3 Å². The lowest BCUT2D eigenvalue weighted by atomic mass is 10.0. The summed E-state index contributed by atoms with van der Waals surface area (Å²) in [5.41, 5.74) is 2.01. The van der Waals surface area contributed by atoms with Gasteiger partial charge in [-0.15, -0.1) is 11.8 Å². The summed E-state index contributed by atoms with van der Waals surface area (Å²) >= 11 is 7.81. The molecule has 0 aromatic heterocycles. The molecule has 1 aliphatic heterocycles. The summed E-state index contributed by atoms with van der Waals surface area (Å²) in [6.07, 6.45) is -4.39. The first kappa shape index (κ1) is 27.7. The third-order valence-corrected chi connectivity index (χ3v) is 7.11. The number of thioether (sulfide) groups is 1. The minimum absolute atomic E-state index is 0.146. The first-order chi connectivity index (χ1) is 18.0. The van der Waals surface area contributed by atoms with Gasteiger partial charge in [-0.3, -0.25) is 4.99 Å². The molecule has 0 saturated carbocycles. The summed E-state index contributed by atoms with van der Waals surface area (Å²) in [5.74, 6) is 0.881. The molecular formula is C27H23ClF3NO5S. The van der Waals surface area contributed by atoms with Crippen molar-refractivity contribution in [2.75, 3.05) is 26.1 Å². The second-order valence-corrected chi connectivity index (χ2v) is 9.90. The van der Waals surface area contributed by atoms with E-state index < -0.39 is 24.3 Å². The monoisotopic (exact) mass is 565 g/mol. The summed E-state index contributed by atoms with van der Waals surface area (Å²) in [7, 11) is 1.51. The van der Waals surface area contributed by atoms with Crippen LogP contribution in [0.15, 0.2) is 59.6 Å². The number of alkyl halides is 3. The zero-order valence-corrected chi connectivity index (χ0v) is 21.9. The lowest BCUT2D eigenvalue weighted by Gasteiger charge is -2.16. The first-order valence-electron chi connectivity index (χ1n) is 11.4. The van der Waals surface area contributed by atoms with Gasteiger partial charge in [-0.25, -0.2) is 4.79 Å². The van der Waals surface area contributed by atoms with E-state index in [1.54, 1.807) is 37.3 Å². The second kappa shape index (κ2) is 11.6. The molecule has 0 aliphatic carbocycles. The molecule has 1 heterocycles. The molecule has 4 rings (SSSR count). The van der Waals surface area contributed by atoms with Crippen LogP contribution in [0.2, 0.25) is 5.02 Å². The Bertz CT molecular complexity index is 1360. The van der Waals surface area contributed by atoms with Crippen molar-refractivity contribution >= 4 is 34.4 Å². The molecular weight excluding hydrogens is 543 g/mol. The fourth-order valence-electron chi connectivity index (χ4n) is 3.84. The fourth-order valence-corrected chi connectivity index (χ4v) is 5.06. The molecule has 0 bridgehead atoms. The summed E-state index contributed by atoms with van der Waals surface area (Å²) in [4.78, 5) is 15.7. The molecule has 3 aromatic rings. The van der Waals surface area contributed by atoms with Gasteiger partial charge in [0.05, 0.1) is 23.7 Å². The largest absolute Gasteiger partial charge is 0.495 e. The van der Waals surface area contributed by atoms with Gasteiger partial charge in [-0.1, -0.05) is 29.8 Å². The number of carbonyl (C=O) groups is 1. The molecule has 11 heteroatoms. The Balaban J connectivity index is 1.57. The number of aliphatic carboxylic acids is 1. The summed E-state index contributed by atoms with van der Waals surface area (Å²) in [6, 6.07) is 13.4. The lowest BCUT2D eigenvalue weighted by Crippen LogP contribution is -2.11. The molecule has 38 heavy (non-hydrogen) atoms. The van der Waals surface area contributed by atoms with E-state index in [2.05, 4.69) is 4.99 Å². The highest BCUT2D eigenvalue weighted by molar-refractivity contribution is 8.14. The van der Waals surface area contributed by atoms with Gasteiger partial charge in [0.2, 0.25) is 0 Å². The van der Waals surface area contributed by atoms with Crippen LogP contribution >= 0.6 is 23.4 Å². The summed E-state index contributed by atoms with van der Waals surface area (Å²) < 4.78 is 55.4. The van der Waals surface area contributed by atoms with E-state index >= 15 is 0 Å². The maximum absolute atomic E-state index is 12.9. The molecule has 0 radical (unpaired) electrons.